The summed E-state index contributed by atoms with van der Waals surface area (Å²) < 4.78 is 62.2. The van der Waals surface area contributed by atoms with E-state index in [1.807, 2.05) is 0 Å². The highest BCUT2D eigenvalue weighted by molar-refractivity contribution is 7.85. The molecule has 3 N–H and O–H groups in total. The van der Waals surface area contributed by atoms with Crippen molar-refractivity contribution in [3.05, 3.63) is 99.3 Å². The maximum Gasteiger partial charge on any atom is 0.425 e. The number of hydrogen-bond acceptors (Lipinski definition) is 8. The van der Waals surface area contributed by atoms with E-state index >= 15 is 0 Å². The van der Waals surface area contributed by atoms with E-state index in [9.17, 15) is 27.7 Å². The molecule has 5 rings (SSSR count). The van der Waals surface area contributed by atoms with Gasteiger partial charge in [0.1, 0.15) is 6.54 Å². The van der Waals surface area contributed by atoms with Crippen molar-refractivity contribution in [2.24, 2.45) is 0 Å². The highest BCUT2D eigenvalue weighted by Gasteiger charge is 2.45. The van der Waals surface area contributed by atoms with Crippen molar-refractivity contribution in [2.75, 3.05) is 18.0 Å². The number of carboxylic acid groups (broad SMARTS) is 2. The van der Waals surface area contributed by atoms with Crippen LogP contribution in [0.1, 0.15) is 128 Å². The maximum absolute atomic E-state index is 12.3. The zero-order valence-corrected chi connectivity index (χ0v) is 37.6. The third-order valence-corrected chi connectivity index (χ3v) is 13.0. The zero-order chi connectivity index (χ0) is 44.4. The van der Waals surface area contributed by atoms with Gasteiger partial charge in [0.2, 0.25) is 5.69 Å². The molecule has 0 spiro atoms. The van der Waals surface area contributed by atoms with E-state index in [2.05, 4.69) is 86.6 Å². The van der Waals surface area contributed by atoms with E-state index < -0.39 is 38.1 Å². The zero-order valence-electron chi connectivity index (χ0n) is 35.2. The van der Waals surface area contributed by atoms with Gasteiger partial charge in [-0.1, -0.05) is 55.1 Å². The van der Waals surface area contributed by atoms with Gasteiger partial charge in [-0.2, -0.15) is 13.0 Å². The number of unbranched alkanes of at least 4 members (excludes halogenated alkanes) is 4. The van der Waals surface area contributed by atoms with Crippen molar-refractivity contribution in [3.8, 4) is 0 Å². The number of fused-ring (bicyclic) bond motifs is 2. The van der Waals surface area contributed by atoms with Gasteiger partial charge >= 0.3 is 22.5 Å². The molecule has 0 saturated heterocycles. The molecule has 1 unspecified atom stereocenters. The van der Waals surface area contributed by atoms with Crippen LogP contribution in [0, 0.1) is 6.92 Å². The van der Waals surface area contributed by atoms with Gasteiger partial charge < -0.3 is 15.1 Å². The second-order valence-corrected chi connectivity index (χ2v) is 18.7. The van der Waals surface area contributed by atoms with Gasteiger partial charge in [0.05, 0.1) is 10.3 Å². The molecule has 0 fully saturated rings. The molecule has 12 nitrogen and oxygen atoms in total. The molecule has 0 radical (unpaired) electrons. The van der Waals surface area contributed by atoms with Crippen molar-refractivity contribution < 1.29 is 50.0 Å². The first-order chi connectivity index (χ1) is 28.2. The minimum atomic E-state index is -4.42. The second kappa shape index (κ2) is 20.9. The van der Waals surface area contributed by atoms with Crippen LogP contribution in [0.3, 0.4) is 0 Å². The number of aryl methyl sites for hydroxylation is 1. The van der Waals surface area contributed by atoms with Gasteiger partial charge in [-0.05, 0) is 126 Å². The standard InChI is InChI=1S/C45H57ClN2O7S.O3S/c1-6-27-47-38-23-21-34(56(53,54)55)30-36(38)45(5,26-11-7-9-16-41(49)50)40(47)25-20-33-15-13-14-32(43(33)46)19-24-39-44(3,4)35-29-31(2)18-22-37(35)48(39)28-12-8-10-17-42(51)52;1-4(2)3/h18-25,29-30H,6-17,26-28H2,1-5H3,(H2-,49,50,51,52,53,54,55);/p+1. The van der Waals surface area contributed by atoms with Crippen LogP contribution >= 0.6 is 11.6 Å². The molecule has 2 aliphatic heterocycles. The van der Waals surface area contributed by atoms with Gasteiger partial charge in [-0.3, -0.25) is 14.1 Å². The fourth-order valence-corrected chi connectivity index (χ4v) is 9.49. The number of benzene rings is 2. The predicted octanol–water partition coefficient (Wildman–Crippen LogP) is 9.53. The Morgan fingerprint density at radius 3 is 2.15 bits per heavy atom. The monoisotopic (exact) mass is 885 g/mol. The summed E-state index contributed by atoms with van der Waals surface area (Å²) in [5.74, 6) is -1.58. The highest BCUT2D eigenvalue weighted by atomic mass is 35.5. The van der Waals surface area contributed by atoms with Crippen LogP contribution in [-0.2, 0) is 41.1 Å². The molecule has 326 valence electrons. The Hall–Kier alpha value is -4.37. The third kappa shape index (κ3) is 11.9. The van der Waals surface area contributed by atoms with Crippen LogP contribution in [0.15, 0.2) is 87.5 Å². The Morgan fingerprint density at radius 2 is 1.53 bits per heavy atom. The molecule has 3 aliphatic rings. The average Bonchev–Trinajstić information content (AvgIpc) is 3.51. The van der Waals surface area contributed by atoms with Gasteiger partial charge in [0.15, 0.2) is 5.71 Å². The fourth-order valence-electron chi connectivity index (χ4n) is 8.67. The first-order valence-electron chi connectivity index (χ1n) is 20.6. The Morgan fingerprint density at radius 1 is 0.883 bits per heavy atom. The Bertz CT molecular complexity index is 2340. The highest BCUT2D eigenvalue weighted by Crippen LogP contribution is 2.52. The first kappa shape index (κ1) is 48.3. The van der Waals surface area contributed by atoms with Crippen molar-refractivity contribution in [1.82, 2.24) is 0 Å². The molecule has 2 aromatic carbocycles. The molecule has 2 heterocycles. The summed E-state index contributed by atoms with van der Waals surface area (Å²) in [6.45, 7) is 12.4. The minimum Gasteiger partial charge on any atom is -0.481 e. The summed E-state index contributed by atoms with van der Waals surface area (Å²) in [5.41, 5.74) is 8.90. The van der Waals surface area contributed by atoms with Crippen LogP contribution in [0.2, 0.25) is 0 Å². The summed E-state index contributed by atoms with van der Waals surface area (Å²) in [4.78, 5) is 24.4. The van der Waals surface area contributed by atoms with Crippen molar-refractivity contribution in [2.45, 2.75) is 134 Å². The number of halogens is 1. The Balaban J connectivity index is 0.00000190. The number of carbonyl (C=O) groups is 2. The number of anilines is 1. The smallest absolute Gasteiger partial charge is 0.425 e. The average molecular weight is 887 g/mol. The van der Waals surface area contributed by atoms with E-state index in [4.69, 9.17) is 29.3 Å². The number of aliphatic carboxylic acids is 2. The Kier molecular flexibility index (Phi) is 16.9. The van der Waals surface area contributed by atoms with Crippen molar-refractivity contribution in [3.63, 3.8) is 0 Å². The van der Waals surface area contributed by atoms with Crippen LogP contribution < -0.4 is 4.90 Å². The SMILES string of the molecule is CCCN1/C(=C\C=C2CCCC(/C=C/C3=[N+](CCCCCC(=O)O)c4ccc(C)cc4C3(C)C)=C2Cl)C(C)(CCCCCC(=O)O)c2cc(S(=O)(=O)O)ccc21.O=S(=O)=O. The van der Waals surface area contributed by atoms with E-state index in [0.717, 1.165) is 91.0 Å². The fraction of sp³-hybridized carbons (Fsp3) is 0.489. The molecule has 2 aromatic rings. The summed E-state index contributed by atoms with van der Waals surface area (Å²) in [6.07, 6.45) is 17.5. The lowest BCUT2D eigenvalue weighted by Crippen LogP contribution is -2.29. The molecule has 15 heteroatoms. The molecule has 0 aromatic heterocycles. The van der Waals surface area contributed by atoms with Crippen LogP contribution in [0.4, 0.5) is 11.4 Å². The molecular weight excluding hydrogens is 828 g/mol. The van der Waals surface area contributed by atoms with Gasteiger partial charge in [0, 0.05) is 65.3 Å². The maximum atomic E-state index is 12.3. The molecule has 1 aliphatic carbocycles. The minimum absolute atomic E-state index is 0.106. The number of rotatable bonds is 18. The predicted molar refractivity (Wildman–Crippen MR) is 234 cm³/mol. The lowest BCUT2D eigenvalue weighted by atomic mass is 9.77. The lowest BCUT2D eigenvalue weighted by Gasteiger charge is -2.30. The normalized spacial score (nSPS) is 19.8. The van der Waals surface area contributed by atoms with Gasteiger partial charge in [0.25, 0.3) is 10.1 Å². The summed E-state index contributed by atoms with van der Waals surface area (Å²) in [6, 6.07) is 11.4. The van der Waals surface area contributed by atoms with E-state index in [1.165, 1.54) is 28.6 Å². The molecule has 1 atom stereocenters. The number of carboxylic acids is 2. The molecule has 0 saturated carbocycles. The Labute approximate surface area is 360 Å². The number of nitrogens with zero attached hydrogens (tertiary/aromatic N) is 2. The molecule has 0 amide bonds. The first-order valence-corrected chi connectivity index (χ1v) is 23.4. The van der Waals surface area contributed by atoms with E-state index in [1.54, 1.807) is 12.1 Å². The third-order valence-electron chi connectivity index (χ3n) is 11.7. The molecular formula is C45H58ClN2O10S2+. The molecule has 0 bridgehead atoms. The van der Waals surface area contributed by atoms with E-state index in [-0.39, 0.29) is 23.2 Å². The molecule has 60 heavy (non-hydrogen) atoms. The quantitative estimate of drug-likeness (QED) is 0.0735. The number of allylic oxidation sites excluding steroid dienone is 8. The van der Waals surface area contributed by atoms with Gasteiger partial charge in [-0.15, -0.1) is 12.6 Å². The summed E-state index contributed by atoms with van der Waals surface area (Å²) in [7, 11) is -7.53. The second-order valence-electron chi connectivity index (χ2n) is 16.5. The van der Waals surface area contributed by atoms with Crippen LogP contribution in [-0.4, -0.2) is 71.1 Å². The van der Waals surface area contributed by atoms with E-state index in [0.29, 0.717) is 25.8 Å². The topological polar surface area (TPSA) is 186 Å². The van der Waals surface area contributed by atoms with Crippen LogP contribution in [0.25, 0.3) is 0 Å². The van der Waals surface area contributed by atoms with Gasteiger partial charge in [-0.25, -0.2) is 0 Å². The lowest BCUT2D eigenvalue weighted by molar-refractivity contribution is -0.438. The largest absolute Gasteiger partial charge is 0.481 e. The van der Waals surface area contributed by atoms with Crippen molar-refractivity contribution in [1.29, 1.82) is 0 Å². The van der Waals surface area contributed by atoms with Crippen LogP contribution in [0.5, 0.6) is 0 Å². The summed E-state index contributed by atoms with van der Waals surface area (Å²) in [5, 5.41) is 19.0. The summed E-state index contributed by atoms with van der Waals surface area (Å²) >= 11 is 7.26. The van der Waals surface area contributed by atoms with Crippen molar-refractivity contribution >= 4 is 61.4 Å². The number of hydrogen-bond donors (Lipinski definition) is 3.